The maximum Gasteiger partial charge on any atom is 0.289 e. The molecule has 150 valence electrons. The molecule has 1 unspecified atom stereocenters. The number of hydrogen-bond acceptors (Lipinski definition) is 5. The number of imidazole rings is 1. The fourth-order valence-electron chi connectivity index (χ4n) is 3.54. The number of aromatic amines is 2. The fourth-order valence-corrected chi connectivity index (χ4v) is 3.54. The van der Waals surface area contributed by atoms with Crippen LogP contribution in [0.3, 0.4) is 0 Å². The Kier molecular flexibility index (Phi) is 4.41. The molecule has 3 heterocycles. The molecule has 0 aliphatic carbocycles. The summed E-state index contributed by atoms with van der Waals surface area (Å²) in [5.41, 5.74) is 5.10. The molecule has 8 heteroatoms. The third kappa shape index (κ3) is 3.38. The highest BCUT2D eigenvalue weighted by Crippen LogP contribution is 2.29. The molecule has 0 saturated carbocycles. The van der Waals surface area contributed by atoms with Gasteiger partial charge in [0, 0.05) is 17.1 Å². The van der Waals surface area contributed by atoms with Crippen molar-refractivity contribution in [2.45, 2.75) is 13.0 Å². The van der Waals surface area contributed by atoms with Gasteiger partial charge in [-0.05, 0) is 36.8 Å². The molecule has 3 N–H and O–H groups in total. The number of nitriles is 1. The highest BCUT2D eigenvalue weighted by Gasteiger charge is 2.18. The van der Waals surface area contributed by atoms with Gasteiger partial charge in [0.25, 0.3) is 5.91 Å². The molecule has 0 aliphatic rings. The van der Waals surface area contributed by atoms with Crippen LogP contribution in [-0.4, -0.2) is 31.1 Å². The fraction of sp³-hybridized carbons (Fsp3) is 0.0870. The number of carbonyl (C=O) groups is 1. The monoisotopic (exact) mass is 407 g/mol. The molecule has 1 atom stereocenters. The zero-order chi connectivity index (χ0) is 21.4. The van der Waals surface area contributed by atoms with Crippen molar-refractivity contribution in [1.29, 1.82) is 5.26 Å². The summed E-state index contributed by atoms with van der Waals surface area (Å²) < 4.78 is 0. The summed E-state index contributed by atoms with van der Waals surface area (Å²) in [5, 5.41) is 19.0. The van der Waals surface area contributed by atoms with Gasteiger partial charge < -0.3 is 10.4 Å². The molecule has 0 radical (unpaired) electrons. The van der Waals surface area contributed by atoms with Crippen LogP contribution >= 0.6 is 0 Å². The van der Waals surface area contributed by atoms with Gasteiger partial charge in [-0.2, -0.15) is 5.26 Å². The van der Waals surface area contributed by atoms with Crippen molar-refractivity contribution in [1.82, 2.24) is 30.5 Å². The molecule has 2 aromatic carbocycles. The molecule has 5 aromatic rings. The molecule has 31 heavy (non-hydrogen) atoms. The predicted molar refractivity (Wildman–Crippen MR) is 116 cm³/mol. The normalized spacial score (nSPS) is 12.0. The summed E-state index contributed by atoms with van der Waals surface area (Å²) in [5.74, 6) is -0.185. The van der Waals surface area contributed by atoms with Crippen LogP contribution in [0.2, 0.25) is 0 Å². The second kappa shape index (κ2) is 7.39. The van der Waals surface area contributed by atoms with Crippen molar-refractivity contribution < 1.29 is 4.79 Å². The first-order chi connectivity index (χ1) is 15.1. The second-order valence-electron chi connectivity index (χ2n) is 7.21. The van der Waals surface area contributed by atoms with E-state index in [0.717, 1.165) is 27.7 Å². The summed E-state index contributed by atoms with van der Waals surface area (Å²) in [7, 11) is 0. The summed E-state index contributed by atoms with van der Waals surface area (Å²) in [6, 6.07) is 18.8. The predicted octanol–water partition coefficient (Wildman–Crippen LogP) is 3.86. The maximum atomic E-state index is 12.7. The van der Waals surface area contributed by atoms with E-state index in [1.54, 1.807) is 12.3 Å². The van der Waals surface area contributed by atoms with Crippen molar-refractivity contribution in [2.24, 2.45) is 0 Å². The number of benzene rings is 2. The molecule has 0 aliphatic heterocycles. The van der Waals surface area contributed by atoms with E-state index in [-0.39, 0.29) is 17.8 Å². The van der Waals surface area contributed by atoms with Crippen LogP contribution in [0.15, 0.2) is 60.8 Å². The van der Waals surface area contributed by atoms with Crippen molar-refractivity contribution in [3.63, 3.8) is 0 Å². The van der Waals surface area contributed by atoms with Crippen molar-refractivity contribution in [3.05, 3.63) is 77.9 Å². The lowest BCUT2D eigenvalue weighted by Crippen LogP contribution is -2.27. The highest BCUT2D eigenvalue weighted by molar-refractivity contribution is 6.02. The van der Waals surface area contributed by atoms with Crippen molar-refractivity contribution in [2.75, 3.05) is 0 Å². The molecule has 0 spiro atoms. The Balaban J connectivity index is 1.47. The van der Waals surface area contributed by atoms with Gasteiger partial charge in [-0.25, -0.2) is 15.0 Å². The number of H-pyrrole nitrogens is 2. The lowest BCUT2D eigenvalue weighted by molar-refractivity contribution is 0.0930. The Bertz CT molecular complexity index is 1440. The van der Waals surface area contributed by atoms with Crippen LogP contribution in [0, 0.1) is 11.3 Å². The third-order valence-electron chi connectivity index (χ3n) is 5.18. The second-order valence-corrected chi connectivity index (χ2v) is 7.21. The molecule has 0 saturated heterocycles. The lowest BCUT2D eigenvalue weighted by Gasteiger charge is -2.12. The Morgan fingerprint density at radius 3 is 2.55 bits per heavy atom. The largest absolute Gasteiger partial charge is 0.343 e. The number of carbonyl (C=O) groups excluding carboxylic acids is 1. The number of hydrogen-bond donors (Lipinski definition) is 3. The average Bonchev–Trinajstić information content (AvgIpc) is 3.41. The summed E-state index contributed by atoms with van der Waals surface area (Å²) in [6.45, 7) is 1.92. The van der Waals surface area contributed by atoms with E-state index < -0.39 is 0 Å². The molecule has 3 aromatic heterocycles. The Morgan fingerprint density at radius 1 is 1.06 bits per heavy atom. The number of rotatable bonds is 4. The molecule has 0 bridgehead atoms. The van der Waals surface area contributed by atoms with E-state index >= 15 is 0 Å². The van der Waals surface area contributed by atoms with E-state index in [1.165, 1.54) is 0 Å². The molecular weight excluding hydrogens is 390 g/mol. The van der Waals surface area contributed by atoms with E-state index in [9.17, 15) is 4.79 Å². The standard InChI is InChI=1S/C23H17N7O/c1-13(14-5-3-2-4-6-14)26-23(31)22-27-19-9-17-18(10-20(19)28-22)29-30-21(17)15-7-8-16(11-24)25-12-15/h2-10,12-13,29-30H,1H3,(H,26,31). The smallest absolute Gasteiger partial charge is 0.289 e. The van der Waals surface area contributed by atoms with Crippen LogP contribution in [-0.2, 0) is 0 Å². The van der Waals surface area contributed by atoms with Crippen LogP contribution in [0.25, 0.3) is 33.2 Å². The molecule has 8 nitrogen and oxygen atoms in total. The quantitative estimate of drug-likeness (QED) is 0.417. The van der Waals surface area contributed by atoms with Crippen molar-refractivity contribution in [3.8, 4) is 17.3 Å². The SMILES string of the molecule is CC(NC(=O)c1nc2cc3[nH][nH]c(-c4ccc(C#N)nc4)c3cc2n1)c1ccccc1. The van der Waals surface area contributed by atoms with Crippen molar-refractivity contribution >= 4 is 27.8 Å². The number of fused-ring (bicyclic) bond motifs is 2. The van der Waals surface area contributed by atoms with Gasteiger partial charge in [-0.1, -0.05) is 30.3 Å². The Hall–Kier alpha value is -4.51. The molecule has 1 amide bonds. The van der Waals surface area contributed by atoms with Crippen LogP contribution < -0.4 is 5.32 Å². The van der Waals surface area contributed by atoms with E-state index in [1.807, 2.05) is 61.5 Å². The first kappa shape index (κ1) is 18.5. The third-order valence-corrected chi connectivity index (χ3v) is 5.18. The number of pyridine rings is 1. The summed E-state index contributed by atoms with van der Waals surface area (Å²) in [4.78, 5) is 25.7. The van der Waals surface area contributed by atoms with Gasteiger partial charge in [-0.3, -0.25) is 9.89 Å². The van der Waals surface area contributed by atoms with Gasteiger partial charge in [0.05, 0.1) is 28.3 Å². The van der Waals surface area contributed by atoms with Crippen LogP contribution in [0.5, 0.6) is 0 Å². The van der Waals surface area contributed by atoms with Gasteiger partial charge in [-0.15, -0.1) is 0 Å². The topological polar surface area (TPSA) is 123 Å². The van der Waals surface area contributed by atoms with Crippen LogP contribution in [0.4, 0.5) is 0 Å². The minimum atomic E-state index is -0.320. The molecular formula is C23H17N7O. The van der Waals surface area contributed by atoms with Crippen LogP contribution in [0.1, 0.15) is 34.8 Å². The van der Waals surface area contributed by atoms with Gasteiger partial charge in [0.15, 0.2) is 0 Å². The number of amides is 1. The molecule has 0 fully saturated rings. The van der Waals surface area contributed by atoms with Gasteiger partial charge >= 0.3 is 0 Å². The zero-order valence-corrected chi connectivity index (χ0v) is 16.5. The molecule has 5 rings (SSSR count). The van der Waals surface area contributed by atoms with E-state index in [0.29, 0.717) is 16.7 Å². The minimum absolute atomic E-state index is 0.135. The highest BCUT2D eigenvalue weighted by atomic mass is 16.2. The first-order valence-electron chi connectivity index (χ1n) is 9.72. The number of nitrogens with zero attached hydrogens (tertiary/aromatic N) is 4. The average molecular weight is 407 g/mol. The van der Waals surface area contributed by atoms with E-state index in [2.05, 4.69) is 30.5 Å². The summed E-state index contributed by atoms with van der Waals surface area (Å²) >= 11 is 0. The maximum absolute atomic E-state index is 12.7. The first-order valence-corrected chi connectivity index (χ1v) is 9.72. The van der Waals surface area contributed by atoms with Gasteiger partial charge in [0.2, 0.25) is 5.82 Å². The van der Waals surface area contributed by atoms with E-state index in [4.69, 9.17) is 5.26 Å². The Morgan fingerprint density at radius 2 is 1.84 bits per heavy atom. The lowest BCUT2D eigenvalue weighted by atomic mass is 10.1. The Labute approximate surface area is 177 Å². The minimum Gasteiger partial charge on any atom is -0.343 e. The summed E-state index contributed by atoms with van der Waals surface area (Å²) in [6.07, 6.45) is 1.64. The number of nitrogens with one attached hydrogen (secondary N) is 3. The van der Waals surface area contributed by atoms with Gasteiger partial charge in [0.1, 0.15) is 11.8 Å². The number of aromatic nitrogens is 5. The zero-order valence-electron chi connectivity index (χ0n) is 16.5.